The van der Waals surface area contributed by atoms with E-state index < -0.39 is 0 Å². The Morgan fingerprint density at radius 3 is 1.60 bits per heavy atom. The minimum absolute atomic E-state index is 0.0906. The topological polar surface area (TPSA) is 0 Å². The normalized spacial score (nSPS) is 18.3. The third-order valence-electron chi connectivity index (χ3n) is 1.63. The SMILES string of the molecule is CC[CH](C)[Ag]([I])[CH](C)CC. The van der Waals surface area contributed by atoms with Crippen molar-refractivity contribution in [3.63, 3.8) is 0 Å². The fourth-order valence-corrected chi connectivity index (χ4v) is 6.27. The van der Waals surface area contributed by atoms with E-state index in [1.165, 1.54) is 12.8 Å². The molecule has 0 aliphatic heterocycles. The quantitative estimate of drug-likeness (QED) is 0.522. The molecule has 2 heteroatoms. The van der Waals surface area contributed by atoms with Crippen molar-refractivity contribution in [2.45, 2.75) is 48.8 Å². The number of hydrogen-bond acceptors (Lipinski definition) is 0. The van der Waals surface area contributed by atoms with E-state index in [4.69, 9.17) is 0 Å². The van der Waals surface area contributed by atoms with Crippen LogP contribution < -0.4 is 0 Å². The van der Waals surface area contributed by atoms with Gasteiger partial charge in [0, 0.05) is 0 Å². The zero-order chi connectivity index (χ0) is 8.15. The number of halogens is 1. The molecule has 0 rings (SSSR count). The van der Waals surface area contributed by atoms with Crippen molar-refractivity contribution in [1.29, 1.82) is 0 Å². The summed E-state index contributed by atoms with van der Waals surface area (Å²) in [5.74, 6) is 0. The second-order valence-electron chi connectivity index (χ2n) is 2.46. The first-order valence-corrected chi connectivity index (χ1v) is 9.97. The summed E-state index contributed by atoms with van der Waals surface area (Å²) in [6, 6.07) is 0. The first kappa shape index (κ1) is 11.5. The van der Waals surface area contributed by atoms with Crippen molar-refractivity contribution in [3.8, 4) is 0 Å². The van der Waals surface area contributed by atoms with Crippen molar-refractivity contribution in [1.82, 2.24) is 0 Å². The summed E-state index contributed by atoms with van der Waals surface area (Å²) in [6.07, 6.45) is 2.73. The molecule has 0 aromatic heterocycles. The van der Waals surface area contributed by atoms with Crippen LogP contribution in [0.3, 0.4) is 0 Å². The Balaban J connectivity index is 3.69. The second kappa shape index (κ2) is 6.04. The van der Waals surface area contributed by atoms with Gasteiger partial charge < -0.3 is 0 Å². The molecule has 0 aromatic carbocycles. The van der Waals surface area contributed by atoms with E-state index in [0.717, 1.165) is 8.27 Å². The summed E-state index contributed by atoms with van der Waals surface area (Å²) in [4.78, 5) is 0. The summed E-state index contributed by atoms with van der Waals surface area (Å²) >= 11 is 2.61. The van der Waals surface area contributed by atoms with Gasteiger partial charge in [0.05, 0.1) is 0 Å². The van der Waals surface area contributed by atoms with Crippen molar-refractivity contribution >= 4 is 19.0 Å². The van der Waals surface area contributed by atoms with Crippen LogP contribution in [-0.4, -0.2) is 0 Å². The zero-order valence-corrected chi connectivity index (χ0v) is 10.9. The summed E-state index contributed by atoms with van der Waals surface area (Å²) in [7, 11) is 0. The number of rotatable bonds is 4. The van der Waals surface area contributed by atoms with Crippen LogP contribution in [0.2, 0.25) is 8.27 Å². The van der Waals surface area contributed by atoms with E-state index in [-0.39, 0.29) is 14.6 Å². The van der Waals surface area contributed by atoms with Gasteiger partial charge >= 0.3 is 82.5 Å². The van der Waals surface area contributed by atoms with Crippen LogP contribution in [0.5, 0.6) is 0 Å². The Kier molecular flexibility index (Phi) is 6.93. The summed E-state index contributed by atoms with van der Waals surface area (Å²) in [5, 5.41) is 0. The van der Waals surface area contributed by atoms with E-state index in [9.17, 15) is 0 Å². The van der Waals surface area contributed by atoms with Crippen molar-refractivity contribution in [2.24, 2.45) is 0 Å². The average molecular weight is 349 g/mol. The van der Waals surface area contributed by atoms with Crippen molar-refractivity contribution in [2.75, 3.05) is 0 Å². The van der Waals surface area contributed by atoms with E-state index >= 15 is 0 Å². The molecule has 0 heterocycles. The van der Waals surface area contributed by atoms with Gasteiger partial charge in [-0.05, 0) is 0 Å². The van der Waals surface area contributed by atoms with Gasteiger partial charge in [-0.25, -0.2) is 0 Å². The van der Waals surface area contributed by atoms with Gasteiger partial charge in [-0.2, -0.15) is 0 Å². The first-order valence-electron chi connectivity index (χ1n) is 3.85. The first-order chi connectivity index (χ1) is 4.63. The maximum atomic E-state index is 2.70. The molecule has 2 atom stereocenters. The molecular weight excluding hydrogens is 331 g/mol. The molecule has 0 saturated carbocycles. The van der Waals surface area contributed by atoms with Gasteiger partial charge in [-0.1, -0.05) is 0 Å². The minimum atomic E-state index is -0.0906. The molecule has 0 radical (unpaired) electrons. The third-order valence-corrected chi connectivity index (χ3v) is 13.2. The summed E-state index contributed by atoms with van der Waals surface area (Å²) in [5.41, 5.74) is 0. The Morgan fingerprint density at radius 1 is 1.10 bits per heavy atom. The second-order valence-corrected chi connectivity index (χ2v) is 11.0. The molecule has 0 nitrogen and oxygen atoms in total. The molecular formula is C8H18AgI. The van der Waals surface area contributed by atoms with E-state index in [1.54, 1.807) is 0 Å². The van der Waals surface area contributed by atoms with Gasteiger partial charge in [0.15, 0.2) is 0 Å². The van der Waals surface area contributed by atoms with E-state index in [1.807, 2.05) is 0 Å². The Labute approximate surface area is 81.8 Å². The van der Waals surface area contributed by atoms with Crippen LogP contribution >= 0.6 is 19.0 Å². The molecule has 68 valence electrons. The van der Waals surface area contributed by atoms with Crippen LogP contribution in [0.4, 0.5) is 0 Å². The van der Waals surface area contributed by atoms with E-state index in [0.29, 0.717) is 0 Å². The maximum absolute atomic E-state index is 2.70. The van der Waals surface area contributed by atoms with E-state index in [2.05, 4.69) is 46.7 Å². The molecule has 0 N–H and O–H groups in total. The van der Waals surface area contributed by atoms with Gasteiger partial charge in [0.1, 0.15) is 0 Å². The molecule has 0 bridgehead atoms. The Hall–Kier alpha value is 1.47. The van der Waals surface area contributed by atoms with Crippen LogP contribution in [-0.2, 0) is 14.6 Å². The molecule has 0 saturated heterocycles. The third kappa shape index (κ3) is 3.74. The molecule has 0 aliphatic carbocycles. The fraction of sp³-hybridized carbons (Fsp3) is 1.00. The van der Waals surface area contributed by atoms with Crippen molar-refractivity contribution < 1.29 is 14.6 Å². The number of hydrogen-bond donors (Lipinski definition) is 0. The molecule has 0 amide bonds. The van der Waals surface area contributed by atoms with Crippen LogP contribution in [0.15, 0.2) is 0 Å². The van der Waals surface area contributed by atoms with Crippen LogP contribution in [0, 0.1) is 0 Å². The molecule has 0 aromatic rings. The van der Waals surface area contributed by atoms with Gasteiger partial charge in [0.2, 0.25) is 0 Å². The fourth-order valence-electron chi connectivity index (χ4n) is 0.528. The molecule has 2 unspecified atom stereocenters. The molecule has 0 spiro atoms. The summed E-state index contributed by atoms with van der Waals surface area (Å²) in [6.45, 7) is 9.40. The average Bonchev–Trinajstić information content (AvgIpc) is 2.00. The van der Waals surface area contributed by atoms with Gasteiger partial charge in [0.25, 0.3) is 0 Å². The monoisotopic (exact) mass is 348 g/mol. The standard InChI is InChI=1S/2C4H9.Ag.HI/c2*1-3-4-2;;/h2*3H,4H2,1-2H3;;1H/q;;+1;/p-1. The molecule has 0 aliphatic rings. The Morgan fingerprint density at radius 2 is 1.40 bits per heavy atom. The van der Waals surface area contributed by atoms with Crippen LogP contribution in [0.25, 0.3) is 0 Å². The Bertz CT molecular complexity index is 75.3. The molecule has 10 heavy (non-hydrogen) atoms. The molecule has 0 fully saturated rings. The predicted octanol–water partition coefficient (Wildman–Crippen LogP) is 4.39. The van der Waals surface area contributed by atoms with Crippen LogP contribution in [0.1, 0.15) is 40.5 Å². The predicted molar refractivity (Wildman–Crippen MR) is 53.5 cm³/mol. The zero-order valence-electron chi connectivity index (χ0n) is 7.25. The van der Waals surface area contributed by atoms with Gasteiger partial charge in [-0.15, -0.1) is 0 Å². The van der Waals surface area contributed by atoms with Gasteiger partial charge in [-0.3, -0.25) is 0 Å². The van der Waals surface area contributed by atoms with Crippen molar-refractivity contribution in [3.05, 3.63) is 0 Å². The summed E-state index contributed by atoms with van der Waals surface area (Å²) < 4.78 is 1.98.